The van der Waals surface area contributed by atoms with Crippen LogP contribution in [0.4, 0.5) is 0 Å². The minimum Gasteiger partial charge on any atom is -0.464 e. The van der Waals surface area contributed by atoms with Gasteiger partial charge in [-0.1, -0.05) is 36.4 Å². The second kappa shape index (κ2) is 7.30. The molecule has 134 valence electrons. The fourth-order valence-corrected chi connectivity index (χ4v) is 3.89. The van der Waals surface area contributed by atoms with Crippen LogP contribution in [0.5, 0.6) is 0 Å². The molecule has 5 nitrogen and oxygen atoms in total. The lowest BCUT2D eigenvalue weighted by Crippen LogP contribution is -2.34. The van der Waals surface area contributed by atoms with Gasteiger partial charge in [-0.2, -0.15) is 0 Å². The van der Waals surface area contributed by atoms with Crippen molar-refractivity contribution in [2.75, 3.05) is 20.2 Å². The minimum absolute atomic E-state index is 0.364. The summed E-state index contributed by atoms with van der Waals surface area (Å²) in [6, 6.07) is 14.8. The number of carbonyl (C=O) groups is 1. The molecule has 0 bridgehead atoms. The van der Waals surface area contributed by atoms with Crippen molar-refractivity contribution in [3.8, 4) is 0 Å². The second-order valence-corrected chi connectivity index (χ2v) is 6.85. The molecule has 0 N–H and O–H groups in total. The van der Waals surface area contributed by atoms with Gasteiger partial charge < -0.3 is 4.74 Å². The molecule has 1 saturated heterocycles. The molecular formula is C21H23N3O2. The average Bonchev–Trinajstić information content (AvgIpc) is 3.13. The fourth-order valence-electron chi connectivity index (χ4n) is 3.89. The largest absolute Gasteiger partial charge is 0.464 e. The van der Waals surface area contributed by atoms with Crippen LogP contribution >= 0.6 is 0 Å². The van der Waals surface area contributed by atoms with E-state index in [0.717, 1.165) is 30.8 Å². The number of ether oxygens (including phenoxy) is 1. The molecule has 0 aliphatic carbocycles. The van der Waals surface area contributed by atoms with Crippen LogP contribution < -0.4 is 0 Å². The van der Waals surface area contributed by atoms with E-state index >= 15 is 0 Å². The molecule has 5 heteroatoms. The zero-order valence-electron chi connectivity index (χ0n) is 15.0. The lowest BCUT2D eigenvalue weighted by atomic mass is 9.90. The van der Waals surface area contributed by atoms with Gasteiger partial charge in [-0.15, -0.1) is 0 Å². The molecule has 1 fully saturated rings. The summed E-state index contributed by atoms with van der Waals surface area (Å²) in [4.78, 5) is 18.9. The highest BCUT2D eigenvalue weighted by molar-refractivity contribution is 5.88. The van der Waals surface area contributed by atoms with E-state index in [1.807, 2.05) is 16.7 Å². The SMILES string of the molecule is COC(=O)c1cnc2c(CN3CCCC(c4ccccc4)C3)cccn12. The zero-order valence-corrected chi connectivity index (χ0v) is 15.0. The number of methoxy groups -OCH3 is 1. The first-order valence-corrected chi connectivity index (χ1v) is 9.07. The summed E-state index contributed by atoms with van der Waals surface area (Å²) in [7, 11) is 1.39. The Kier molecular flexibility index (Phi) is 4.71. The Bertz CT molecular complexity index is 904. The van der Waals surface area contributed by atoms with Crippen LogP contribution in [0.3, 0.4) is 0 Å². The molecule has 1 aliphatic rings. The molecule has 0 amide bonds. The molecule has 26 heavy (non-hydrogen) atoms. The van der Waals surface area contributed by atoms with Crippen LogP contribution in [-0.4, -0.2) is 40.5 Å². The van der Waals surface area contributed by atoms with Crippen molar-refractivity contribution >= 4 is 11.6 Å². The Morgan fingerprint density at radius 1 is 1.23 bits per heavy atom. The van der Waals surface area contributed by atoms with Gasteiger partial charge in [-0.05, 0) is 36.9 Å². The van der Waals surface area contributed by atoms with Gasteiger partial charge in [0.1, 0.15) is 5.65 Å². The molecule has 1 aromatic carbocycles. The Morgan fingerprint density at radius 3 is 2.88 bits per heavy atom. The smallest absolute Gasteiger partial charge is 0.356 e. The van der Waals surface area contributed by atoms with Gasteiger partial charge in [-0.3, -0.25) is 9.30 Å². The first-order valence-electron chi connectivity index (χ1n) is 9.07. The number of hydrogen-bond acceptors (Lipinski definition) is 4. The number of imidazole rings is 1. The maximum atomic E-state index is 11.9. The van der Waals surface area contributed by atoms with Crippen LogP contribution in [0.2, 0.25) is 0 Å². The third-order valence-electron chi connectivity index (χ3n) is 5.18. The fraction of sp³-hybridized carbons (Fsp3) is 0.333. The van der Waals surface area contributed by atoms with Crippen LogP contribution in [0.25, 0.3) is 5.65 Å². The van der Waals surface area contributed by atoms with E-state index < -0.39 is 0 Å². The minimum atomic E-state index is -0.364. The summed E-state index contributed by atoms with van der Waals surface area (Å²) in [6.45, 7) is 2.98. The molecule has 0 spiro atoms. The summed E-state index contributed by atoms with van der Waals surface area (Å²) in [6.07, 6.45) is 5.89. The van der Waals surface area contributed by atoms with E-state index in [1.165, 1.54) is 25.5 Å². The van der Waals surface area contributed by atoms with Gasteiger partial charge in [0.05, 0.1) is 13.3 Å². The number of nitrogens with zero attached hydrogens (tertiary/aromatic N) is 3. The molecule has 1 atom stereocenters. The van der Waals surface area contributed by atoms with Gasteiger partial charge in [-0.25, -0.2) is 9.78 Å². The molecule has 3 aromatic rings. The molecule has 2 aromatic heterocycles. The van der Waals surface area contributed by atoms with Gasteiger partial charge in [0.2, 0.25) is 0 Å². The third kappa shape index (κ3) is 3.22. The van der Waals surface area contributed by atoms with Crippen molar-refractivity contribution in [1.29, 1.82) is 0 Å². The predicted octanol–water partition coefficient (Wildman–Crippen LogP) is 3.50. The topological polar surface area (TPSA) is 46.8 Å². The number of fused-ring (bicyclic) bond motifs is 1. The van der Waals surface area contributed by atoms with Crippen molar-refractivity contribution in [2.45, 2.75) is 25.3 Å². The number of esters is 1. The quantitative estimate of drug-likeness (QED) is 0.677. The molecule has 4 rings (SSSR count). The van der Waals surface area contributed by atoms with E-state index in [1.54, 1.807) is 6.20 Å². The molecular weight excluding hydrogens is 326 g/mol. The van der Waals surface area contributed by atoms with Crippen molar-refractivity contribution in [3.05, 3.63) is 71.7 Å². The van der Waals surface area contributed by atoms with E-state index in [4.69, 9.17) is 4.74 Å². The molecule has 0 saturated carbocycles. The monoisotopic (exact) mass is 349 g/mol. The first-order chi connectivity index (χ1) is 12.8. The third-order valence-corrected chi connectivity index (χ3v) is 5.18. The normalized spacial score (nSPS) is 18.1. The number of benzene rings is 1. The lowest BCUT2D eigenvalue weighted by Gasteiger charge is -2.33. The Balaban J connectivity index is 1.55. The van der Waals surface area contributed by atoms with Crippen molar-refractivity contribution in [2.24, 2.45) is 0 Å². The van der Waals surface area contributed by atoms with Crippen molar-refractivity contribution < 1.29 is 9.53 Å². The molecule has 3 heterocycles. The summed E-state index contributed by atoms with van der Waals surface area (Å²) in [5.41, 5.74) is 3.85. The van der Waals surface area contributed by atoms with Crippen molar-refractivity contribution in [3.63, 3.8) is 0 Å². The number of aromatic nitrogens is 2. The summed E-state index contributed by atoms with van der Waals surface area (Å²) in [5, 5.41) is 0. The molecule has 1 aliphatic heterocycles. The Labute approximate surface area is 153 Å². The maximum Gasteiger partial charge on any atom is 0.356 e. The summed E-state index contributed by atoms with van der Waals surface area (Å²) >= 11 is 0. The standard InChI is InChI=1S/C21H23N3O2/c1-26-21(25)19-13-22-20-18(10-6-12-24(19)20)15-23-11-5-9-17(14-23)16-7-3-2-4-8-16/h2-4,6-8,10,12-13,17H,5,9,11,14-15H2,1H3. The summed E-state index contributed by atoms with van der Waals surface area (Å²) < 4.78 is 6.66. The molecule has 0 radical (unpaired) electrons. The second-order valence-electron chi connectivity index (χ2n) is 6.85. The first kappa shape index (κ1) is 16.8. The maximum absolute atomic E-state index is 11.9. The summed E-state index contributed by atoms with van der Waals surface area (Å²) in [5.74, 6) is 0.215. The highest BCUT2D eigenvalue weighted by atomic mass is 16.5. The predicted molar refractivity (Wildman–Crippen MR) is 100 cm³/mol. The Morgan fingerprint density at radius 2 is 2.08 bits per heavy atom. The number of piperidine rings is 1. The number of carbonyl (C=O) groups excluding carboxylic acids is 1. The van der Waals surface area contributed by atoms with E-state index in [0.29, 0.717) is 11.6 Å². The van der Waals surface area contributed by atoms with E-state index in [9.17, 15) is 4.79 Å². The van der Waals surface area contributed by atoms with Gasteiger partial charge in [0.25, 0.3) is 0 Å². The average molecular weight is 349 g/mol. The Hall–Kier alpha value is -2.66. The van der Waals surface area contributed by atoms with Crippen LogP contribution in [0.1, 0.15) is 40.4 Å². The number of pyridine rings is 1. The van der Waals surface area contributed by atoms with Crippen molar-refractivity contribution in [1.82, 2.24) is 14.3 Å². The van der Waals surface area contributed by atoms with Crippen LogP contribution in [-0.2, 0) is 11.3 Å². The highest BCUT2D eigenvalue weighted by Crippen LogP contribution is 2.28. The number of rotatable bonds is 4. The molecule has 1 unspecified atom stereocenters. The lowest BCUT2D eigenvalue weighted by molar-refractivity contribution is 0.0593. The van der Waals surface area contributed by atoms with Gasteiger partial charge in [0.15, 0.2) is 5.69 Å². The number of hydrogen-bond donors (Lipinski definition) is 0. The zero-order chi connectivity index (χ0) is 17.9. The van der Waals surface area contributed by atoms with Crippen LogP contribution in [0, 0.1) is 0 Å². The number of likely N-dealkylation sites (tertiary alicyclic amines) is 1. The highest BCUT2D eigenvalue weighted by Gasteiger charge is 2.22. The van der Waals surface area contributed by atoms with E-state index in [2.05, 4.69) is 46.3 Å². The van der Waals surface area contributed by atoms with Gasteiger partial charge in [0, 0.05) is 24.8 Å². The van der Waals surface area contributed by atoms with Gasteiger partial charge >= 0.3 is 5.97 Å². The van der Waals surface area contributed by atoms with Crippen LogP contribution in [0.15, 0.2) is 54.9 Å². The van der Waals surface area contributed by atoms with E-state index in [-0.39, 0.29) is 5.97 Å².